The zero-order valence-corrected chi connectivity index (χ0v) is 24.3. The van der Waals surface area contributed by atoms with Crippen molar-refractivity contribution in [2.24, 2.45) is 0 Å². The highest BCUT2D eigenvalue weighted by atomic mass is 35.5. The Balaban J connectivity index is 1.79. The van der Waals surface area contributed by atoms with Gasteiger partial charge >= 0.3 is 0 Å². The molecule has 7 heteroatoms. The number of carbonyl (C=O) groups excluding carboxylic acids is 2. The third-order valence-electron chi connectivity index (χ3n) is 6.52. The van der Waals surface area contributed by atoms with Gasteiger partial charge in [0.05, 0.1) is 0 Å². The van der Waals surface area contributed by atoms with Crippen molar-refractivity contribution >= 4 is 63.9 Å². The van der Waals surface area contributed by atoms with Crippen LogP contribution in [0.4, 0.5) is 5.69 Å². The number of hydrogen-bond donors (Lipinski definition) is 2. The standard InChI is InChI=1S/C34H25Cl2N2O2P/c35-26-16-13-17-27(24-26)37-34(40)31(38-33(39)25-14-5-1-6-15-25)32(36)41(28-18-7-2-8-19-28,29-20-9-3-10-21-29)30-22-11-4-12-23-30/h1-24H,(H-,37,38,39,40)/p+1/b32-31-. The molecule has 0 saturated carbocycles. The second-order valence-corrected chi connectivity index (χ2v) is 13.5. The van der Waals surface area contributed by atoms with Crippen molar-refractivity contribution in [1.82, 2.24) is 5.32 Å². The fraction of sp³-hybridized carbons (Fsp3) is 0. The van der Waals surface area contributed by atoms with E-state index in [2.05, 4.69) is 10.6 Å². The van der Waals surface area contributed by atoms with E-state index in [4.69, 9.17) is 23.2 Å². The molecule has 0 unspecified atom stereocenters. The third-order valence-corrected chi connectivity index (χ3v) is 11.7. The Hall–Kier alpha value is -4.21. The minimum absolute atomic E-state index is 0.0367. The van der Waals surface area contributed by atoms with Gasteiger partial charge in [0, 0.05) is 16.3 Å². The summed E-state index contributed by atoms with van der Waals surface area (Å²) in [5.74, 6) is -1.01. The maximum atomic E-state index is 14.1. The van der Waals surface area contributed by atoms with Crippen molar-refractivity contribution in [3.8, 4) is 0 Å². The molecule has 0 radical (unpaired) electrons. The fourth-order valence-corrected chi connectivity index (χ4v) is 9.77. The summed E-state index contributed by atoms with van der Waals surface area (Å²) in [4.78, 5) is 27.6. The van der Waals surface area contributed by atoms with Crippen molar-refractivity contribution in [2.75, 3.05) is 5.32 Å². The molecule has 2 N–H and O–H groups in total. The Morgan fingerprint density at radius 2 is 1.05 bits per heavy atom. The lowest BCUT2D eigenvalue weighted by Crippen LogP contribution is -2.37. The minimum atomic E-state index is -2.87. The van der Waals surface area contributed by atoms with Crippen LogP contribution >= 0.6 is 30.5 Å². The lowest BCUT2D eigenvalue weighted by Gasteiger charge is -2.28. The molecule has 0 heterocycles. The average molecular weight is 596 g/mol. The van der Waals surface area contributed by atoms with Crippen LogP contribution in [-0.4, -0.2) is 11.8 Å². The Labute approximate surface area is 250 Å². The molecule has 0 saturated heterocycles. The van der Waals surface area contributed by atoms with Crippen LogP contribution in [0.3, 0.4) is 0 Å². The van der Waals surface area contributed by atoms with Gasteiger partial charge in [-0.15, -0.1) is 0 Å². The van der Waals surface area contributed by atoms with Crippen LogP contribution in [0.15, 0.2) is 156 Å². The van der Waals surface area contributed by atoms with Crippen LogP contribution in [0.5, 0.6) is 0 Å². The van der Waals surface area contributed by atoms with E-state index in [0.29, 0.717) is 16.3 Å². The summed E-state index contributed by atoms with van der Waals surface area (Å²) in [5, 5.41) is 9.03. The van der Waals surface area contributed by atoms with Crippen LogP contribution in [-0.2, 0) is 4.79 Å². The van der Waals surface area contributed by atoms with Crippen LogP contribution < -0.4 is 26.5 Å². The summed E-state index contributed by atoms with van der Waals surface area (Å²) < 4.78 is 0.241. The van der Waals surface area contributed by atoms with E-state index >= 15 is 0 Å². The van der Waals surface area contributed by atoms with Gasteiger partial charge in [0.15, 0.2) is 13.0 Å². The normalized spacial score (nSPS) is 11.8. The fourth-order valence-electron chi connectivity index (χ4n) is 4.65. The maximum absolute atomic E-state index is 14.1. The number of halogens is 2. The molecule has 0 aliphatic carbocycles. The second-order valence-electron chi connectivity index (χ2n) is 9.13. The molecule has 5 aromatic rings. The van der Waals surface area contributed by atoms with Gasteiger partial charge in [-0.2, -0.15) is 0 Å². The van der Waals surface area contributed by atoms with Crippen molar-refractivity contribution in [2.45, 2.75) is 0 Å². The van der Waals surface area contributed by atoms with Crippen molar-refractivity contribution in [3.05, 3.63) is 167 Å². The number of amides is 2. The molecule has 41 heavy (non-hydrogen) atoms. The number of carbonyl (C=O) groups is 2. The monoisotopic (exact) mass is 595 g/mol. The van der Waals surface area contributed by atoms with Crippen LogP contribution in [0.2, 0.25) is 5.02 Å². The van der Waals surface area contributed by atoms with Crippen LogP contribution in [0, 0.1) is 0 Å². The third kappa shape index (κ3) is 6.11. The van der Waals surface area contributed by atoms with Gasteiger partial charge < -0.3 is 10.6 Å². The number of benzene rings is 5. The first kappa shape index (κ1) is 28.3. The number of nitrogens with one attached hydrogen (secondary N) is 2. The number of anilines is 1. The molecule has 0 bridgehead atoms. The lowest BCUT2D eigenvalue weighted by atomic mass is 10.2. The van der Waals surface area contributed by atoms with E-state index < -0.39 is 19.1 Å². The van der Waals surface area contributed by atoms with Crippen LogP contribution in [0.1, 0.15) is 10.4 Å². The topological polar surface area (TPSA) is 58.2 Å². The first-order valence-electron chi connectivity index (χ1n) is 12.9. The van der Waals surface area contributed by atoms with E-state index in [1.54, 1.807) is 48.5 Å². The molecule has 4 nitrogen and oxygen atoms in total. The molecule has 0 aliphatic heterocycles. The molecule has 2 amide bonds. The van der Waals surface area contributed by atoms with Gasteiger partial charge in [0.1, 0.15) is 15.9 Å². The van der Waals surface area contributed by atoms with E-state index in [1.807, 2.05) is 97.1 Å². The van der Waals surface area contributed by atoms with Crippen molar-refractivity contribution < 1.29 is 9.59 Å². The van der Waals surface area contributed by atoms with Crippen molar-refractivity contribution in [1.29, 1.82) is 0 Å². The van der Waals surface area contributed by atoms with E-state index in [-0.39, 0.29) is 10.5 Å². The summed E-state index contributed by atoms with van der Waals surface area (Å²) in [6.07, 6.45) is 0. The SMILES string of the molecule is O=C(Nc1cccc(Cl)c1)/C(NC(=O)c1ccccc1)=C(\Cl)[P+](c1ccccc1)(c1ccccc1)c1ccccc1. The highest BCUT2D eigenvalue weighted by molar-refractivity contribution is 8.00. The summed E-state index contributed by atoms with van der Waals surface area (Å²) in [7, 11) is -2.87. The zero-order valence-electron chi connectivity index (χ0n) is 21.9. The van der Waals surface area contributed by atoms with Gasteiger partial charge in [0.2, 0.25) is 4.77 Å². The number of rotatable bonds is 8. The number of hydrogen-bond acceptors (Lipinski definition) is 2. The molecule has 0 spiro atoms. The molecule has 0 fully saturated rings. The van der Waals surface area contributed by atoms with Crippen molar-refractivity contribution in [3.63, 3.8) is 0 Å². The zero-order chi connectivity index (χ0) is 28.7. The average Bonchev–Trinajstić information content (AvgIpc) is 3.02. The Morgan fingerprint density at radius 1 is 0.585 bits per heavy atom. The predicted molar refractivity (Wildman–Crippen MR) is 172 cm³/mol. The smallest absolute Gasteiger partial charge is 0.277 e. The molecule has 0 aromatic heterocycles. The van der Waals surface area contributed by atoms with Gasteiger partial charge in [-0.3, -0.25) is 9.59 Å². The quantitative estimate of drug-likeness (QED) is 0.148. The van der Waals surface area contributed by atoms with Gasteiger partial charge in [0.25, 0.3) is 11.8 Å². The Morgan fingerprint density at radius 3 is 1.51 bits per heavy atom. The van der Waals surface area contributed by atoms with E-state index in [9.17, 15) is 9.59 Å². The minimum Gasteiger partial charge on any atom is -0.321 e. The summed E-state index contributed by atoms with van der Waals surface area (Å²) in [6.45, 7) is 0. The summed E-state index contributed by atoms with van der Waals surface area (Å²) in [6, 6.07) is 45.2. The van der Waals surface area contributed by atoms with E-state index in [0.717, 1.165) is 15.9 Å². The molecule has 0 aliphatic rings. The molecule has 5 rings (SSSR count). The van der Waals surface area contributed by atoms with Crippen LogP contribution in [0.25, 0.3) is 0 Å². The molecular weight excluding hydrogens is 570 g/mol. The molecule has 202 valence electrons. The first-order chi connectivity index (χ1) is 20.0. The maximum Gasteiger partial charge on any atom is 0.277 e. The molecular formula is C34H26Cl2N2O2P+. The summed E-state index contributed by atoms with van der Waals surface area (Å²) >= 11 is 13.7. The molecule has 0 atom stereocenters. The summed E-state index contributed by atoms with van der Waals surface area (Å²) in [5.41, 5.74) is 0.833. The van der Waals surface area contributed by atoms with E-state index in [1.165, 1.54) is 0 Å². The van der Waals surface area contributed by atoms with Gasteiger partial charge in [-0.05, 0) is 78.3 Å². The Bertz CT molecular complexity index is 1580. The molecule has 5 aromatic carbocycles. The first-order valence-corrected chi connectivity index (χ1v) is 15.4. The highest BCUT2D eigenvalue weighted by Gasteiger charge is 2.52. The van der Waals surface area contributed by atoms with Gasteiger partial charge in [-0.1, -0.05) is 90.5 Å². The second kappa shape index (κ2) is 13.0. The predicted octanol–water partition coefficient (Wildman–Crippen LogP) is 7.11. The Kier molecular flexibility index (Phi) is 8.96. The highest BCUT2D eigenvalue weighted by Crippen LogP contribution is 2.64. The van der Waals surface area contributed by atoms with Gasteiger partial charge in [-0.25, -0.2) is 0 Å². The largest absolute Gasteiger partial charge is 0.321 e. The lowest BCUT2D eigenvalue weighted by molar-refractivity contribution is -0.113.